The fourth-order valence-electron chi connectivity index (χ4n) is 4.37. The van der Waals surface area contributed by atoms with Gasteiger partial charge < -0.3 is 28.4 Å². The topological polar surface area (TPSA) is 158 Å². The van der Waals surface area contributed by atoms with Crippen molar-refractivity contribution in [2.45, 2.75) is 119 Å². The third kappa shape index (κ3) is 17.9. The molecule has 0 aliphatic heterocycles. The average Bonchev–Trinajstić information content (AvgIpc) is 3.18. The van der Waals surface area contributed by atoms with E-state index in [1.807, 2.05) is 41.5 Å². The molecule has 0 saturated carbocycles. The first-order chi connectivity index (χ1) is 26.1. The molecule has 2 aromatic carbocycles. The second-order valence-electron chi connectivity index (χ2n) is 12.5. The molecule has 12 nitrogen and oxygen atoms in total. The van der Waals surface area contributed by atoms with E-state index in [2.05, 4.69) is 0 Å². The van der Waals surface area contributed by atoms with Gasteiger partial charge in [0.05, 0.1) is 73.0 Å². The number of benzene rings is 2. The highest BCUT2D eigenvalue weighted by atomic mass is 16.6. The Balaban J connectivity index is 0.000000540. The molecule has 0 unspecified atom stereocenters. The van der Waals surface area contributed by atoms with Gasteiger partial charge in [0.15, 0.2) is 0 Å². The summed E-state index contributed by atoms with van der Waals surface area (Å²) in [5.74, 6) is -3.55. The Morgan fingerprint density at radius 3 is 0.796 bits per heavy atom. The highest BCUT2D eigenvalue weighted by Gasteiger charge is 2.24. The first kappa shape index (κ1) is 47.3. The molecule has 0 heterocycles. The third-order valence-corrected chi connectivity index (χ3v) is 7.78. The molecule has 2 rings (SSSR count). The molecule has 0 aliphatic rings. The van der Waals surface area contributed by atoms with Gasteiger partial charge in [-0.25, -0.2) is 28.8 Å². The van der Waals surface area contributed by atoms with Crippen molar-refractivity contribution >= 4 is 35.8 Å². The third-order valence-electron chi connectivity index (χ3n) is 7.78. The summed E-state index contributed by atoms with van der Waals surface area (Å²) in [5.41, 5.74) is 0.655. The molecule has 0 saturated heterocycles. The summed E-state index contributed by atoms with van der Waals surface area (Å²) in [5, 5.41) is 0. The van der Waals surface area contributed by atoms with Crippen molar-refractivity contribution in [3.05, 3.63) is 69.8 Å². The molecule has 2 aromatic rings. The first-order valence-corrected chi connectivity index (χ1v) is 19.4. The van der Waals surface area contributed by atoms with Crippen LogP contribution in [0.3, 0.4) is 0 Å². The van der Waals surface area contributed by atoms with Crippen molar-refractivity contribution < 1.29 is 57.2 Å². The molecule has 0 aliphatic carbocycles. The van der Waals surface area contributed by atoms with Gasteiger partial charge in [0.25, 0.3) is 0 Å². The number of unbranched alkanes of at least 4 members (excludes halogenated alkanes) is 6. The zero-order valence-electron chi connectivity index (χ0n) is 33.1. The van der Waals surface area contributed by atoms with E-state index in [4.69, 9.17) is 28.4 Å². The van der Waals surface area contributed by atoms with Crippen LogP contribution in [-0.2, 0) is 28.4 Å². The normalized spacial score (nSPS) is 10.3. The average molecular weight is 757 g/mol. The van der Waals surface area contributed by atoms with Crippen LogP contribution in [0.4, 0.5) is 0 Å². The lowest BCUT2D eigenvalue weighted by molar-refractivity contribution is 0.0449. The summed E-state index contributed by atoms with van der Waals surface area (Å²) in [4.78, 5) is 73.8. The van der Waals surface area contributed by atoms with Crippen molar-refractivity contribution in [1.29, 1.82) is 0 Å². The quantitative estimate of drug-likeness (QED) is 0.0569. The van der Waals surface area contributed by atoms with Gasteiger partial charge in [-0.15, -0.1) is 0 Å². The van der Waals surface area contributed by atoms with Crippen LogP contribution < -0.4 is 0 Å². The van der Waals surface area contributed by atoms with E-state index >= 15 is 0 Å². The van der Waals surface area contributed by atoms with E-state index in [1.165, 1.54) is 36.4 Å². The van der Waals surface area contributed by atoms with Gasteiger partial charge >= 0.3 is 35.8 Å². The molecular weight excluding hydrogens is 696 g/mol. The largest absolute Gasteiger partial charge is 0.462 e. The first-order valence-electron chi connectivity index (χ1n) is 19.4. The number of rotatable bonds is 24. The maximum atomic E-state index is 12.4. The van der Waals surface area contributed by atoms with Crippen LogP contribution in [0.1, 0.15) is 181 Å². The molecule has 0 atom stereocenters. The Labute approximate surface area is 320 Å². The number of hydrogen-bond donors (Lipinski definition) is 0. The van der Waals surface area contributed by atoms with Crippen LogP contribution in [0.5, 0.6) is 0 Å². The Morgan fingerprint density at radius 1 is 0.333 bits per heavy atom. The smallest absolute Gasteiger partial charge is 0.339 e. The summed E-state index contributed by atoms with van der Waals surface area (Å²) in [7, 11) is 0. The van der Waals surface area contributed by atoms with E-state index in [0.29, 0.717) is 13.2 Å². The minimum atomic E-state index is -0.644. The van der Waals surface area contributed by atoms with Crippen LogP contribution in [0.25, 0.3) is 0 Å². The van der Waals surface area contributed by atoms with E-state index in [0.717, 1.165) is 77.0 Å². The zero-order valence-corrected chi connectivity index (χ0v) is 33.1. The highest BCUT2D eigenvalue weighted by Crippen LogP contribution is 2.19. The summed E-state index contributed by atoms with van der Waals surface area (Å²) in [6.45, 7) is 13.6. The monoisotopic (exact) mass is 756 g/mol. The summed E-state index contributed by atoms with van der Waals surface area (Å²) < 4.78 is 31.2. The van der Waals surface area contributed by atoms with Crippen LogP contribution in [0.2, 0.25) is 0 Å². The molecule has 54 heavy (non-hydrogen) atoms. The van der Waals surface area contributed by atoms with Gasteiger partial charge in [0.1, 0.15) is 0 Å². The van der Waals surface area contributed by atoms with E-state index in [1.54, 1.807) is 0 Å². The molecule has 0 radical (unpaired) electrons. The van der Waals surface area contributed by atoms with Gasteiger partial charge in [-0.05, 0) is 74.9 Å². The molecule has 0 bridgehead atoms. The van der Waals surface area contributed by atoms with Crippen LogP contribution in [0, 0.1) is 0 Å². The lowest BCUT2D eigenvalue weighted by Crippen LogP contribution is -2.17. The SMILES string of the molecule is CCCCOC(=O)c1ccc(C(=O)OCCCC)c(C(=O)OCCCC)c1.CCCCOC(=O)c1ccc(C(=O)OCCCC)c(C(=O)OCCCC)c1. The predicted octanol–water partition coefficient (Wildman–Crippen LogP) is 9.11. The molecule has 0 amide bonds. The Morgan fingerprint density at radius 2 is 0.556 bits per heavy atom. The zero-order chi connectivity index (χ0) is 40.1. The number of carbonyl (C=O) groups is 6. The Hall–Kier alpha value is -4.74. The number of ether oxygens (including phenoxy) is 6. The Kier molecular flexibility index (Phi) is 25.1. The van der Waals surface area contributed by atoms with E-state index in [9.17, 15) is 28.8 Å². The predicted molar refractivity (Wildman–Crippen MR) is 204 cm³/mol. The molecule has 0 spiro atoms. The molecule has 300 valence electrons. The molecule has 0 N–H and O–H groups in total. The lowest BCUT2D eigenvalue weighted by Gasteiger charge is -2.11. The number of esters is 6. The fraction of sp³-hybridized carbons (Fsp3) is 0.571. The van der Waals surface area contributed by atoms with Crippen molar-refractivity contribution in [2.24, 2.45) is 0 Å². The van der Waals surface area contributed by atoms with Gasteiger partial charge in [0, 0.05) is 0 Å². The standard InChI is InChI=1S/2C21H30O6/c2*1-4-7-12-25-19(22)16-10-11-17(20(23)26-13-8-5-2)18(15-16)21(24)27-14-9-6-3/h2*10-11,15H,4-9,12-14H2,1-3H3. The van der Waals surface area contributed by atoms with E-state index in [-0.39, 0.29) is 59.8 Å². The summed E-state index contributed by atoms with van der Waals surface area (Å²) in [6, 6.07) is 8.46. The molecule has 12 heteroatoms. The maximum Gasteiger partial charge on any atom is 0.339 e. The molecule has 0 aromatic heterocycles. The number of carbonyl (C=O) groups excluding carboxylic acids is 6. The second-order valence-corrected chi connectivity index (χ2v) is 12.5. The van der Waals surface area contributed by atoms with E-state index < -0.39 is 35.8 Å². The fourth-order valence-corrected chi connectivity index (χ4v) is 4.37. The van der Waals surface area contributed by atoms with Crippen molar-refractivity contribution in [1.82, 2.24) is 0 Å². The lowest BCUT2D eigenvalue weighted by atomic mass is 10.0. The van der Waals surface area contributed by atoms with Crippen LogP contribution >= 0.6 is 0 Å². The highest BCUT2D eigenvalue weighted by molar-refractivity contribution is 6.06. The number of hydrogen-bond acceptors (Lipinski definition) is 12. The Bertz CT molecular complexity index is 1360. The van der Waals surface area contributed by atoms with Crippen molar-refractivity contribution in [2.75, 3.05) is 39.6 Å². The summed E-state index contributed by atoms with van der Waals surface area (Å²) >= 11 is 0. The van der Waals surface area contributed by atoms with Crippen LogP contribution in [0.15, 0.2) is 36.4 Å². The van der Waals surface area contributed by atoms with Gasteiger partial charge in [-0.3, -0.25) is 0 Å². The van der Waals surface area contributed by atoms with Gasteiger partial charge in [-0.2, -0.15) is 0 Å². The molecule has 0 fully saturated rings. The van der Waals surface area contributed by atoms with Crippen molar-refractivity contribution in [3.63, 3.8) is 0 Å². The summed E-state index contributed by atoms with van der Waals surface area (Å²) in [6.07, 6.45) is 9.80. The van der Waals surface area contributed by atoms with Crippen LogP contribution in [-0.4, -0.2) is 75.5 Å². The van der Waals surface area contributed by atoms with Gasteiger partial charge in [0.2, 0.25) is 0 Å². The van der Waals surface area contributed by atoms with Crippen molar-refractivity contribution in [3.8, 4) is 0 Å². The van der Waals surface area contributed by atoms with Gasteiger partial charge in [-0.1, -0.05) is 80.1 Å². The molecular formula is C42H60O12. The minimum Gasteiger partial charge on any atom is -0.462 e. The maximum absolute atomic E-state index is 12.4. The minimum absolute atomic E-state index is 0.0255. The second kappa shape index (κ2) is 28.7.